The van der Waals surface area contributed by atoms with Gasteiger partial charge in [0.25, 0.3) is 0 Å². The number of sulfonamides is 1. The Hall–Kier alpha value is -1.18. The molecule has 2 heterocycles. The van der Waals surface area contributed by atoms with Gasteiger partial charge in [-0.3, -0.25) is 4.90 Å². The van der Waals surface area contributed by atoms with Crippen molar-refractivity contribution in [1.29, 1.82) is 0 Å². The predicted molar refractivity (Wildman–Crippen MR) is 78.8 cm³/mol. The van der Waals surface area contributed by atoms with E-state index in [0.29, 0.717) is 6.54 Å². The topological polar surface area (TPSA) is 66.6 Å². The summed E-state index contributed by atoms with van der Waals surface area (Å²) in [4.78, 5) is 2.21. The summed E-state index contributed by atoms with van der Waals surface area (Å²) >= 11 is 0. The highest BCUT2D eigenvalue weighted by Gasteiger charge is 2.40. The van der Waals surface area contributed by atoms with Gasteiger partial charge in [-0.25, -0.2) is 12.8 Å². The first-order valence-electron chi connectivity index (χ1n) is 7.20. The van der Waals surface area contributed by atoms with Gasteiger partial charge < -0.3 is 5.73 Å². The number of hydrogen-bond acceptors (Lipinski definition) is 4. The lowest BCUT2D eigenvalue weighted by molar-refractivity contribution is 0.117. The lowest BCUT2D eigenvalue weighted by Gasteiger charge is -2.41. The van der Waals surface area contributed by atoms with Crippen molar-refractivity contribution < 1.29 is 12.8 Å². The van der Waals surface area contributed by atoms with Crippen molar-refractivity contribution in [2.24, 2.45) is 0 Å². The fourth-order valence-electron chi connectivity index (χ4n) is 3.35. The summed E-state index contributed by atoms with van der Waals surface area (Å²) in [6, 6.07) is 3.63. The zero-order valence-electron chi connectivity index (χ0n) is 12.0. The molecule has 2 saturated heterocycles. The standard InChI is InChI=1S/C14H20FN3O2S/c1-10-8-17-6-2-3-12(17)9-18(10)21(19,20)14-7-11(15)4-5-13(14)16/h4-5,7,10,12H,2-3,6,8-9,16H2,1H3. The quantitative estimate of drug-likeness (QED) is 0.835. The summed E-state index contributed by atoms with van der Waals surface area (Å²) in [5.41, 5.74) is 5.85. The highest BCUT2D eigenvalue weighted by molar-refractivity contribution is 7.89. The van der Waals surface area contributed by atoms with Crippen molar-refractivity contribution in [3.05, 3.63) is 24.0 Å². The first kappa shape index (κ1) is 14.7. The van der Waals surface area contributed by atoms with Gasteiger partial charge in [-0.1, -0.05) is 0 Å². The summed E-state index contributed by atoms with van der Waals surface area (Å²) in [6.07, 6.45) is 2.12. The fourth-order valence-corrected chi connectivity index (χ4v) is 5.14. The number of nitrogens with zero attached hydrogens (tertiary/aromatic N) is 2. The molecule has 2 aliphatic rings. The van der Waals surface area contributed by atoms with Crippen molar-refractivity contribution in [2.45, 2.75) is 36.7 Å². The molecule has 2 fully saturated rings. The first-order valence-corrected chi connectivity index (χ1v) is 8.64. The summed E-state index contributed by atoms with van der Waals surface area (Å²) in [5, 5.41) is 0. The van der Waals surface area contributed by atoms with Gasteiger partial charge >= 0.3 is 0 Å². The Morgan fingerprint density at radius 3 is 2.86 bits per heavy atom. The number of rotatable bonds is 2. The molecule has 0 aromatic heterocycles. The maximum absolute atomic E-state index is 13.4. The third kappa shape index (κ3) is 2.54. The third-order valence-corrected chi connectivity index (χ3v) is 6.48. The molecule has 2 atom stereocenters. The number of piperazine rings is 1. The van der Waals surface area contributed by atoms with Crippen LogP contribution in [0.3, 0.4) is 0 Å². The largest absolute Gasteiger partial charge is 0.398 e. The highest BCUT2D eigenvalue weighted by atomic mass is 32.2. The van der Waals surface area contributed by atoms with Crippen molar-refractivity contribution >= 4 is 15.7 Å². The molecule has 0 amide bonds. The zero-order chi connectivity index (χ0) is 15.2. The molecule has 7 heteroatoms. The van der Waals surface area contributed by atoms with Crippen molar-refractivity contribution in [3.63, 3.8) is 0 Å². The van der Waals surface area contributed by atoms with E-state index in [1.807, 2.05) is 6.92 Å². The van der Waals surface area contributed by atoms with Gasteiger partial charge in [-0.15, -0.1) is 0 Å². The molecule has 0 spiro atoms. The minimum Gasteiger partial charge on any atom is -0.398 e. The Kier molecular flexibility index (Phi) is 3.67. The zero-order valence-corrected chi connectivity index (χ0v) is 12.8. The number of anilines is 1. The molecule has 3 rings (SSSR count). The van der Waals surface area contributed by atoms with Gasteiger partial charge in [0.05, 0.1) is 5.69 Å². The minimum atomic E-state index is -3.76. The van der Waals surface area contributed by atoms with Gasteiger partial charge in [-0.05, 0) is 44.5 Å². The molecule has 1 aromatic rings. The van der Waals surface area contributed by atoms with E-state index in [1.54, 1.807) is 0 Å². The van der Waals surface area contributed by atoms with Crippen LogP contribution in [0.25, 0.3) is 0 Å². The average Bonchev–Trinajstić information content (AvgIpc) is 2.87. The summed E-state index contributed by atoms with van der Waals surface area (Å²) < 4.78 is 40.5. The molecule has 1 aromatic carbocycles. The fraction of sp³-hybridized carbons (Fsp3) is 0.571. The molecular formula is C14H20FN3O2S. The molecule has 2 aliphatic heterocycles. The van der Waals surface area contributed by atoms with E-state index in [-0.39, 0.29) is 22.7 Å². The van der Waals surface area contributed by atoms with Crippen molar-refractivity contribution in [1.82, 2.24) is 9.21 Å². The number of benzene rings is 1. The second-order valence-electron chi connectivity index (χ2n) is 5.90. The smallest absolute Gasteiger partial charge is 0.245 e. The molecule has 2 N–H and O–H groups in total. The van der Waals surface area contributed by atoms with Crippen LogP contribution in [0.4, 0.5) is 10.1 Å². The molecule has 0 radical (unpaired) electrons. The molecule has 0 saturated carbocycles. The lowest BCUT2D eigenvalue weighted by atomic mass is 10.1. The summed E-state index contributed by atoms with van der Waals surface area (Å²) in [7, 11) is -3.76. The van der Waals surface area contributed by atoms with Crippen LogP contribution in [0.15, 0.2) is 23.1 Å². The Morgan fingerprint density at radius 2 is 2.10 bits per heavy atom. The van der Waals surface area contributed by atoms with Crippen LogP contribution in [0.1, 0.15) is 19.8 Å². The maximum Gasteiger partial charge on any atom is 0.245 e. The molecule has 0 aliphatic carbocycles. The van der Waals surface area contributed by atoms with Crippen LogP contribution in [-0.4, -0.2) is 49.3 Å². The van der Waals surface area contributed by atoms with E-state index >= 15 is 0 Å². The highest BCUT2D eigenvalue weighted by Crippen LogP contribution is 2.31. The Bertz CT molecular complexity index is 650. The average molecular weight is 313 g/mol. The Labute approximate surface area is 124 Å². The molecule has 0 bridgehead atoms. The number of hydrogen-bond donors (Lipinski definition) is 1. The number of fused-ring (bicyclic) bond motifs is 1. The van der Waals surface area contributed by atoms with E-state index in [9.17, 15) is 12.8 Å². The SMILES string of the molecule is CC1CN2CCCC2CN1S(=O)(=O)c1cc(F)ccc1N. The number of nitrogen functional groups attached to an aromatic ring is 1. The van der Waals surface area contributed by atoms with Gasteiger partial charge in [0.2, 0.25) is 10.0 Å². The third-order valence-electron chi connectivity index (χ3n) is 4.44. The number of halogens is 1. The molecule has 116 valence electrons. The second kappa shape index (κ2) is 5.23. The summed E-state index contributed by atoms with van der Waals surface area (Å²) in [6.45, 7) is 4.10. The van der Waals surface area contributed by atoms with Gasteiger partial charge in [0.1, 0.15) is 10.7 Å². The van der Waals surface area contributed by atoms with Crippen LogP contribution < -0.4 is 5.73 Å². The number of nitrogens with two attached hydrogens (primary N) is 1. The van der Waals surface area contributed by atoms with Gasteiger partial charge in [0.15, 0.2) is 0 Å². The molecule has 2 unspecified atom stereocenters. The van der Waals surface area contributed by atoms with Crippen LogP contribution in [0.5, 0.6) is 0 Å². The van der Waals surface area contributed by atoms with Gasteiger partial charge in [-0.2, -0.15) is 4.31 Å². The molecular weight excluding hydrogens is 293 g/mol. The van der Waals surface area contributed by atoms with Crippen molar-refractivity contribution in [3.8, 4) is 0 Å². The Morgan fingerprint density at radius 1 is 1.33 bits per heavy atom. The van der Waals surface area contributed by atoms with Crippen LogP contribution >= 0.6 is 0 Å². The Balaban J connectivity index is 1.95. The monoisotopic (exact) mass is 313 g/mol. The van der Waals surface area contributed by atoms with Crippen LogP contribution in [0.2, 0.25) is 0 Å². The maximum atomic E-state index is 13.4. The van der Waals surface area contributed by atoms with E-state index in [1.165, 1.54) is 16.4 Å². The van der Waals surface area contributed by atoms with Crippen LogP contribution in [-0.2, 0) is 10.0 Å². The van der Waals surface area contributed by atoms with Gasteiger partial charge in [0, 0.05) is 25.2 Å². The van der Waals surface area contributed by atoms with Crippen molar-refractivity contribution in [2.75, 3.05) is 25.4 Å². The van der Waals surface area contributed by atoms with E-state index in [0.717, 1.165) is 32.0 Å². The minimum absolute atomic E-state index is 0.0949. The molecule has 5 nitrogen and oxygen atoms in total. The molecule has 21 heavy (non-hydrogen) atoms. The normalized spacial score (nSPS) is 27.7. The van der Waals surface area contributed by atoms with Crippen LogP contribution in [0, 0.1) is 5.82 Å². The lowest BCUT2D eigenvalue weighted by Crippen LogP contribution is -2.56. The second-order valence-corrected chi connectivity index (χ2v) is 7.76. The van der Waals surface area contributed by atoms with E-state index in [2.05, 4.69) is 4.90 Å². The predicted octanol–water partition coefficient (Wildman–Crippen LogP) is 1.27. The first-order chi connectivity index (χ1) is 9.89. The van der Waals surface area contributed by atoms with E-state index in [4.69, 9.17) is 5.73 Å². The summed E-state index contributed by atoms with van der Waals surface area (Å²) in [5.74, 6) is -0.588. The van der Waals surface area contributed by atoms with E-state index < -0.39 is 15.8 Å².